The monoisotopic (exact) mass is 370 g/mol. The summed E-state index contributed by atoms with van der Waals surface area (Å²) in [5, 5.41) is 11.1. The van der Waals surface area contributed by atoms with Gasteiger partial charge in [0.1, 0.15) is 6.09 Å². The van der Waals surface area contributed by atoms with Gasteiger partial charge in [-0.05, 0) is 55.5 Å². The molecule has 1 rings (SSSR count). The van der Waals surface area contributed by atoms with E-state index in [1.54, 1.807) is 43.4 Å². The molecule has 0 aliphatic heterocycles. The summed E-state index contributed by atoms with van der Waals surface area (Å²) in [6.07, 6.45) is -1.38. The maximum atomic E-state index is 13.6. The lowest BCUT2D eigenvalue weighted by Gasteiger charge is -2.38. The molecular formula is C11H11ClFINO2-. The van der Waals surface area contributed by atoms with Crippen molar-refractivity contribution in [3.05, 3.63) is 26.5 Å². The second kappa shape index (κ2) is 4.97. The van der Waals surface area contributed by atoms with Crippen molar-refractivity contribution < 1.29 is 14.3 Å². The van der Waals surface area contributed by atoms with Gasteiger partial charge < -0.3 is 14.8 Å². The number of nitrogens with zero attached hydrogens (tertiary/aromatic N) is 1. The summed E-state index contributed by atoms with van der Waals surface area (Å²) in [5.74, 6) is -0.625. The zero-order chi connectivity index (χ0) is 13.4. The van der Waals surface area contributed by atoms with Gasteiger partial charge in [-0.25, -0.2) is 4.39 Å². The molecular weight excluding hydrogens is 359 g/mol. The molecule has 0 heterocycles. The normalized spacial score (nSPS) is 11.4. The quantitative estimate of drug-likeness (QED) is 0.563. The van der Waals surface area contributed by atoms with Crippen molar-refractivity contribution in [1.82, 2.24) is 0 Å². The fourth-order valence-corrected chi connectivity index (χ4v) is 2.45. The predicted octanol–water partition coefficient (Wildman–Crippen LogP) is 3.03. The third-order valence-corrected chi connectivity index (χ3v) is 3.43. The number of amides is 1. The van der Waals surface area contributed by atoms with Gasteiger partial charge in [-0.1, -0.05) is 11.6 Å². The molecule has 0 atom stereocenters. The zero-order valence-corrected chi connectivity index (χ0v) is 12.5. The van der Waals surface area contributed by atoms with Gasteiger partial charge in [0.05, 0.1) is 14.3 Å². The van der Waals surface area contributed by atoms with Crippen LogP contribution in [-0.2, 0) is 0 Å². The van der Waals surface area contributed by atoms with Crippen LogP contribution in [0, 0.1) is 9.39 Å². The summed E-state index contributed by atoms with van der Waals surface area (Å²) >= 11 is 7.35. The molecule has 17 heavy (non-hydrogen) atoms. The number of carboxylic acid groups (broad SMARTS) is 1. The smallest absolute Gasteiger partial charge is 0.157 e. The minimum Gasteiger partial charge on any atom is -0.530 e. The van der Waals surface area contributed by atoms with E-state index in [4.69, 9.17) is 11.6 Å². The first kappa shape index (κ1) is 14.5. The standard InChI is InChI=1S/C11H12ClFINO2/c1-11(2,3)15(10(16)17)7-5-4-6(12)8(13)9(7)14/h4-5H,1-3H3,(H,16,17)/p-1. The number of hydrogen-bond donors (Lipinski definition) is 0. The summed E-state index contributed by atoms with van der Waals surface area (Å²) in [7, 11) is 0. The summed E-state index contributed by atoms with van der Waals surface area (Å²) in [6.45, 7) is 5.10. The largest absolute Gasteiger partial charge is 0.530 e. The lowest BCUT2D eigenvalue weighted by molar-refractivity contribution is -0.247. The van der Waals surface area contributed by atoms with E-state index in [1.807, 2.05) is 0 Å². The maximum Gasteiger partial charge on any atom is 0.157 e. The Morgan fingerprint density at radius 3 is 2.41 bits per heavy atom. The van der Waals surface area contributed by atoms with E-state index in [0.29, 0.717) is 0 Å². The average molecular weight is 371 g/mol. The SMILES string of the molecule is CC(C)(C)N(C(=O)[O-])c1ccc(Cl)c(F)c1I. The van der Waals surface area contributed by atoms with E-state index in [1.165, 1.54) is 12.1 Å². The molecule has 0 saturated heterocycles. The van der Waals surface area contributed by atoms with Crippen molar-refractivity contribution in [3.8, 4) is 0 Å². The second-order valence-electron chi connectivity index (χ2n) is 4.47. The summed E-state index contributed by atoms with van der Waals surface area (Å²) in [5.41, 5.74) is -0.487. The van der Waals surface area contributed by atoms with Crippen LogP contribution in [-0.4, -0.2) is 11.6 Å². The molecule has 0 fully saturated rings. The van der Waals surface area contributed by atoms with Gasteiger partial charge >= 0.3 is 0 Å². The van der Waals surface area contributed by atoms with E-state index in [-0.39, 0.29) is 14.3 Å². The third kappa shape index (κ3) is 3.01. The highest BCUT2D eigenvalue weighted by Crippen LogP contribution is 2.33. The number of hydrogen-bond acceptors (Lipinski definition) is 2. The Morgan fingerprint density at radius 2 is 2.00 bits per heavy atom. The van der Waals surface area contributed by atoms with Crippen molar-refractivity contribution in [2.75, 3.05) is 4.90 Å². The average Bonchev–Trinajstić information content (AvgIpc) is 2.16. The molecule has 1 aromatic rings. The number of benzene rings is 1. The molecule has 94 valence electrons. The number of carbonyl (C=O) groups is 1. The topological polar surface area (TPSA) is 43.4 Å². The van der Waals surface area contributed by atoms with Crippen LogP contribution in [0.4, 0.5) is 14.9 Å². The highest BCUT2D eigenvalue weighted by atomic mass is 127. The Morgan fingerprint density at radius 1 is 1.47 bits per heavy atom. The Bertz CT molecular complexity index is 460. The first-order chi connectivity index (χ1) is 7.66. The highest BCUT2D eigenvalue weighted by molar-refractivity contribution is 14.1. The molecule has 0 spiro atoms. The van der Waals surface area contributed by atoms with Gasteiger partial charge in [-0.15, -0.1) is 0 Å². The van der Waals surface area contributed by atoms with Crippen molar-refractivity contribution >= 4 is 46.0 Å². The highest BCUT2D eigenvalue weighted by Gasteiger charge is 2.26. The molecule has 0 N–H and O–H groups in total. The van der Waals surface area contributed by atoms with E-state index in [2.05, 4.69) is 0 Å². The zero-order valence-electron chi connectivity index (χ0n) is 9.55. The maximum absolute atomic E-state index is 13.6. The molecule has 1 amide bonds. The molecule has 0 aliphatic carbocycles. The minimum atomic E-state index is -1.38. The predicted molar refractivity (Wildman–Crippen MR) is 71.8 cm³/mol. The van der Waals surface area contributed by atoms with Crippen LogP contribution in [0.1, 0.15) is 20.8 Å². The van der Waals surface area contributed by atoms with Crippen LogP contribution in [0.2, 0.25) is 5.02 Å². The molecule has 0 radical (unpaired) electrons. The Balaban J connectivity index is 3.40. The van der Waals surface area contributed by atoms with Crippen LogP contribution in [0.3, 0.4) is 0 Å². The van der Waals surface area contributed by atoms with Crippen molar-refractivity contribution in [2.45, 2.75) is 26.3 Å². The number of rotatable bonds is 1. The molecule has 0 unspecified atom stereocenters. The Labute approximate surface area is 118 Å². The van der Waals surface area contributed by atoms with Gasteiger partial charge in [-0.3, -0.25) is 0 Å². The van der Waals surface area contributed by atoms with Gasteiger partial charge in [0, 0.05) is 5.54 Å². The van der Waals surface area contributed by atoms with E-state index in [0.717, 1.165) is 4.90 Å². The van der Waals surface area contributed by atoms with E-state index >= 15 is 0 Å². The number of halogens is 3. The summed E-state index contributed by atoms with van der Waals surface area (Å²) < 4.78 is 13.8. The van der Waals surface area contributed by atoms with Crippen LogP contribution >= 0.6 is 34.2 Å². The van der Waals surface area contributed by atoms with Gasteiger partial charge in [0.25, 0.3) is 0 Å². The minimum absolute atomic E-state index is 0.0367. The second-order valence-corrected chi connectivity index (χ2v) is 5.95. The van der Waals surface area contributed by atoms with Gasteiger partial charge in [0.2, 0.25) is 0 Å². The number of carbonyl (C=O) groups excluding carboxylic acids is 1. The summed E-state index contributed by atoms with van der Waals surface area (Å²) in [4.78, 5) is 12.2. The van der Waals surface area contributed by atoms with Crippen molar-refractivity contribution in [1.29, 1.82) is 0 Å². The van der Waals surface area contributed by atoms with E-state index in [9.17, 15) is 14.3 Å². The lowest BCUT2D eigenvalue weighted by Crippen LogP contribution is -2.52. The van der Waals surface area contributed by atoms with Crippen LogP contribution in [0.5, 0.6) is 0 Å². The molecule has 3 nitrogen and oxygen atoms in total. The Hall–Kier alpha value is -0.560. The Kier molecular flexibility index (Phi) is 4.24. The molecule has 0 bridgehead atoms. The molecule has 0 aromatic heterocycles. The third-order valence-electron chi connectivity index (χ3n) is 2.11. The lowest BCUT2D eigenvalue weighted by atomic mass is 10.1. The van der Waals surface area contributed by atoms with Gasteiger partial charge in [-0.2, -0.15) is 0 Å². The molecule has 6 heteroatoms. The van der Waals surface area contributed by atoms with Crippen LogP contribution < -0.4 is 10.0 Å². The fraction of sp³-hybridized carbons (Fsp3) is 0.364. The fourth-order valence-electron chi connectivity index (χ4n) is 1.42. The van der Waals surface area contributed by atoms with Gasteiger partial charge in [0.15, 0.2) is 5.82 Å². The molecule has 0 saturated carbocycles. The van der Waals surface area contributed by atoms with Crippen molar-refractivity contribution in [2.24, 2.45) is 0 Å². The van der Waals surface area contributed by atoms with Crippen LogP contribution in [0.15, 0.2) is 12.1 Å². The number of anilines is 1. The van der Waals surface area contributed by atoms with E-state index < -0.39 is 17.4 Å². The molecule has 1 aromatic carbocycles. The first-order valence-electron chi connectivity index (χ1n) is 4.81. The first-order valence-corrected chi connectivity index (χ1v) is 6.26. The van der Waals surface area contributed by atoms with Crippen LogP contribution in [0.25, 0.3) is 0 Å². The van der Waals surface area contributed by atoms with Crippen molar-refractivity contribution in [3.63, 3.8) is 0 Å². The molecule has 0 aliphatic rings. The summed E-state index contributed by atoms with van der Waals surface area (Å²) in [6, 6.07) is 2.80.